The minimum absolute atomic E-state index is 0.131. The number of nitrogens with one attached hydrogen (secondary N) is 1. The van der Waals surface area contributed by atoms with Crippen LogP contribution < -0.4 is 20.3 Å². The van der Waals surface area contributed by atoms with E-state index in [1.54, 1.807) is 27.0 Å². The predicted molar refractivity (Wildman–Crippen MR) is 153 cm³/mol. The molecule has 9 nitrogen and oxygen atoms in total. The van der Waals surface area contributed by atoms with Crippen molar-refractivity contribution in [1.29, 1.82) is 0 Å². The summed E-state index contributed by atoms with van der Waals surface area (Å²) in [5, 5.41) is 2.21. The number of pyridine rings is 1. The molecule has 2 aromatic rings. The summed E-state index contributed by atoms with van der Waals surface area (Å²) in [6, 6.07) is 10.9. The van der Waals surface area contributed by atoms with Crippen molar-refractivity contribution in [3.05, 3.63) is 53.6 Å². The second kappa shape index (κ2) is 13.5. The molecule has 0 radical (unpaired) electrons. The second-order valence-corrected chi connectivity index (χ2v) is 13.2. The molecule has 1 aromatic carbocycles. The summed E-state index contributed by atoms with van der Waals surface area (Å²) >= 11 is 0. The average molecular weight is 564 g/mol. The molecule has 1 fully saturated rings. The number of hydrogen-bond acceptors (Lipinski definition) is 7. The monoisotopic (exact) mass is 563 g/mol. The zero-order valence-electron chi connectivity index (χ0n) is 23.5. The maximum Gasteiger partial charge on any atom is 0.251 e. The third kappa shape index (κ3) is 8.12. The molecule has 1 heterocycles. The van der Waals surface area contributed by atoms with Crippen molar-refractivity contribution in [3.8, 4) is 0 Å². The molecule has 216 valence electrons. The van der Waals surface area contributed by atoms with Crippen LogP contribution in [0.5, 0.6) is 0 Å². The number of sulfonamides is 1. The number of alkyl halides is 1. The Kier molecular flexibility index (Phi) is 10.7. The van der Waals surface area contributed by atoms with E-state index >= 15 is 0 Å². The largest absolute Gasteiger partial charge is 0.383 e. The van der Waals surface area contributed by atoms with Crippen LogP contribution in [0.25, 0.3) is 0 Å². The highest BCUT2D eigenvalue weighted by molar-refractivity contribution is 7.93. The van der Waals surface area contributed by atoms with Gasteiger partial charge in [-0.15, -0.1) is 0 Å². The molecule has 3 N–H and O–H groups in total. The first kappa shape index (κ1) is 30.8. The van der Waals surface area contributed by atoms with E-state index in [1.807, 2.05) is 35.2 Å². The fourth-order valence-corrected chi connectivity index (χ4v) is 5.36. The molecule has 4 atom stereocenters. The van der Waals surface area contributed by atoms with Crippen LogP contribution >= 0.6 is 0 Å². The number of carbonyl (C=O) groups is 1. The quantitative estimate of drug-likeness (QED) is 0.342. The van der Waals surface area contributed by atoms with E-state index in [0.717, 1.165) is 16.3 Å². The van der Waals surface area contributed by atoms with Crippen LogP contribution in [0, 0.1) is 11.8 Å². The number of rotatable bonds is 15. The van der Waals surface area contributed by atoms with Gasteiger partial charge in [-0.25, -0.2) is 17.8 Å². The summed E-state index contributed by atoms with van der Waals surface area (Å²) in [5.41, 5.74) is 7.19. The number of ether oxygens (including phenoxy) is 1. The maximum absolute atomic E-state index is 13.6. The van der Waals surface area contributed by atoms with Crippen LogP contribution in [-0.4, -0.2) is 77.2 Å². The van der Waals surface area contributed by atoms with Crippen molar-refractivity contribution in [2.75, 3.05) is 49.7 Å². The summed E-state index contributed by atoms with van der Waals surface area (Å²) in [7, 11) is -0.657. The second-order valence-electron chi connectivity index (χ2n) is 10.6. The van der Waals surface area contributed by atoms with E-state index in [1.165, 1.54) is 13.1 Å². The van der Waals surface area contributed by atoms with Crippen molar-refractivity contribution in [2.45, 2.75) is 50.9 Å². The van der Waals surface area contributed by atoms with Crippen LogP contribution in [0.4, 0.5) is 16.0 Å². The maximum atomic E-state index is 13.6. The van der Waals surface area contributed by atoms with Crippen LogP contribution in [0.15, 0.2) is 42.5 Å². The van der Waals surface area contributed by atoms with E-state index < -0.39 is 39.9 Å². The van der Waals surface area contributed by atoms with Crippen molar-refractivity contribution in [2.24, 2.45) is 17.6 Å². The Morgan fingerprint density at radius 1 is 1.23 bits per heavy atom. The van der Waals surface area contributed by atoms with Gasteiger partial charge in [0.1, 0.15) is 18.3 Å². The number of aromatic nitrogens is 1. The molecule has 11 heteroatoms. The lowest BCUT2D eigenvalue weighted by Crippen LogP contribution is -2.50. The van der Waals surface area contributed by atoms with E-state index in [2.05, 4.69) is 17.2 Å². The highest BCUT2D eigenvalue weighted by Gasteiger charge is 2.35. The molecule has 39 heavy (non-hydrogen) atoms. The number of halogens is 1. The number of carbonyl (C=O) groups excluding carboxylic acids is 1. The number of anilines is 2. The molecule has 1 aromatic heterocycles. The zero-order valence-corrected chi connectivity index (χ0v) is 24.3. The number of nitrogens with zero attached hydrogens (tertiary/aromatic N) is 3. The molecule has 0 bridgehead atoms. The molecular formula is C28H42FN5O4S. The third-order valence-electron chi connectivity index (χ3n) is 7.29. The van der Waals surface area contributed by atoms with Gasteiger partial charge in [-0.2, -0.15) is 0 Å². The molecule has 1 amide bonds. The molecule has 0 saturated heterocycles. The van der Waals surface area contributed by atoms with Gasteiger partial charge < -0.3 is 20.7 Å². The van der Waals surface area contributed by atoms with Gasteiger partial charge >= 0.3 is 0 Å². The highest BCUT2D eigenvalue weighted by Crippen LogP contribution is 2.39. The summed E-state index contributed by atoms with van der Waals surface area (Å²) in [5.74, 6) is 1.21. The van der Waals surface area contributed by atoms with Gasteiger partial charge in [0.25, 0.3) is 5.91 Å². The minimum atomic E-state index is -3.71. The van der Waals surface area contributed by atoms with E-state index in [0.29, 0.717) is 43.8 Å². The zero-order chi connectivity index (χ0) is 28.7. The Bertz CT molecular complexity index is 1200. The average Bonchev–Trinajstić information content (AvgIpc) is 3.63. The smallest absolute Gasteiger partial charge is 0.251 e. The highest BCUT2D eigenvalue weighted by atomic mass is 32.2. The number of nitrogens with two attached hydrogens (primary N) is 1. The minimum Gasteiger partial charge on any atom is -0.383 e. The summed E-state index contributed by atoms with van der Waals surface area (Å²) in [6.45, 7) is 6.26. The van der Waals surface area contributed by atoms with Crippen LogP contribution in [0.3, 0.4) is 0 Å². The predicted octanol–water partition coefficient (Wildman–Crippen LogP) is 3.00. The van der Waals surface area contributed by atoms with Crippen LogP contribution in [0.2, 0.25) is 0 Å². The Hall–Kier alpha value is -2.76. The first-order valence-corrected chi connectivity index (χ1v) is 14.9. The number of methoxy groups -OCH3 is 1. The summed E-state index contributed by atoms with van der Waals surface area (Å²) < 4.78 is 46.1. The lowest BCUT2D eigenvalue weighted by molar-refractivity contribution is 0.0928. The van der Waals surface area contributed by atoms with Gasteiger partial charge in [0.05, 0.1) is 23.9 Å². The topological polar surface area (TPSA) is 118 Å². The number of hydrogen-bond donors (Lipinski definition) is 2. The number of benzene rings is 1. The van der Waals surface area contributed by atoms with Gasteiger partial charge in [0.2, 0.25) is 10.0 Å². The standard InChI is InChI=1S/C28H42FN5O4S/c1-19(2)39(36,37)33(4)26-15-22(16-27(32-26)34(11-12-38-5)18-23-13-20(23)3)28(35)31-25(24(30)17-29)14-21-9-7-6-8-10-21/h6-10,15-16,19-20,23-25H,11-14,17-18,30H2,1-5H3,(H,31,35)/t20?,23?,24?,25-/m0/s1. The van der Waals surface area contributed by atoms with Crippen molar-refractivity contribution >= 4 is 27.6 Å². The first-order valence-electron chi connectivity index (χ1n) is 13.4. The summed E-state index contributed by atoms with van der Waals surface area (Å²) in [4.78, 5) is 20.3. The molecule has 0 spiro atoms. The summed E-state index contributed by atoms with van der Waals surface area (Å²) in [6.07, 6.45) is 1.45. The Morgan fingerprint density at radius 2 is 1.87 bits per heavy atom. The molecular weight excluding hydrogens is 521 g/mol. The molecule has 0 aliphatic heterocycles. The molecule has 1 aliphatic carbocycles. The molecule has 3 unspecified atom stereocenters. The van der Waals surface area contributed by atoms with Gasteiger partial charge in [-0.1, -0.05) is 37.3 Å². The van der Waals surface area contributed by atoms with Crippen molar-refractivity contribution < 1.29 is 22.3 Å². The fourth-order valence-electron chi connectivity index (χ4n) is 4.38. The van der Waals surface area contributed by atoms with E-state index in [9.17, 15) is 17.6 Å². The Morgan fingerprint density at radius 3 is 2.44 bits per heavy atom. The normalized spacial score (nSPS) is 18.5. The van der Waals surface area contributed by atoms with Crippen LogP contribution in [-0.2, 0) is 21.2 Å². The first-order chi connectivity index (χ1) is 18.5. The Labute approximate surface area is 232 Å². The molecule has 1 saturated carbocycles. The van der Waals surface area contributed by atoms with E-state index in [4.69, 9.17) is 10.5 Å². The van der Waals surface area contributed by atoms with Gasteiger partial charge in [0.15, 0.2) is 0 Å². The number of amides is 1. The fraction of sp³-hybridized carbons (Fsp3) is 0.571. The lowest BCUT2D eigenvalue weighted by atomic mass is 10.00. The molecule has 3 rings (SSSR count). The van der Waals surface area contributed by atoms with Gasteiger partial charge in [-0.05, 0) is 56.2 Å². The SMILES string of the molecule is COCCN(CC1CC1C)c1cc(C(=O)N[C@@H](Cc2ccccc2)C(N)CF)cc(N(C)S(=O)(=O)C(C)C)n1. The third-order valence-corrected chi connectivity index (χ3v) is 9.43. The van der Waals surface area contributed by atoms with Gasteiger partial charge in [-0.3, -0.25) is 9.10 Å². The Balaban J connectivity index is 1.99. The van der Waals surface area contributed by atoms with Crippen molar-refractivity contribution in [1.82, 2.24) is 10.3 Å². The van der Waals surface area contributed by atoms with E-state index in [-0.39, 0.29) is 11.4 Å². The van der Waals surface area contributed by atoms with Crippen molar-refractivity contribution in [3.63, 3.8) is 0 Å². The van der Waals surface area contributed by atoms with Gasteiger partial charge in [0, 0.05) is 32.8 Å². The lowest BCUT2D eigenvalue weighted by Gasteiger charge is -2.28. The van der Waals surface area contributed by atoms with Crippen LogP contribution in [0.1, 0.15) is 43.1 Å². The molecule has 1 aliphatic rings.